The lowest BCUT2D eigenvalue weighted by Crippen LogP contribution is -2.37. The molecule has 0 atom stereocenters. The van der Waals surface area contributed by atoms with Crippen LogP contribution in [0.5, 0.6) is 0 Å². The van der Waals surface area contributed by atoms with Crippen LogP contribution in [0.4, 0.5) is 0 Å². The molecule has 1 amide bonds. The summed E-state index contributed by atoms with van der Waals surface area (Å²) in [6, 6.07) is 0.0822. The largest absolute Gasteiger partial charge is 0.348 e. The molecule has 8 heteroatoms. The summed E-state index contributed by atoms with van der Waals surface area (Å²) in [4.78, 5) is 12.1. The average molecular weight is 314 g/mol. The smallest absolute Gasteiger partial charge is 0.273 e. The second-order valence-corrected chi connectivity index (χ2v) is 7.32. The highest BCUT2D eigenvalue weighted by Gasteiger charge is 2.29. The first-order chi connectivity index (χ1) is 9.80. The van der Waals surface area contributed by atoms with Gasteiger partial charge >= 0.3 is 0 Å². The van der Waals surface area contributed by atoms with E-state index in [2.05, 4.69) is 15.5 Å². The highest BCUT2D eigenvalue weighted by molar-refractivity contribution is 7.89. The van der Waals surface area contributed by atoms with Gasteiger partial charge in [0.25, 0.3) is 5.91 Å². The summed E-state index contributed by atoms with van der Waals surface area (Å²) in [5.74, 6) is -0.601. The van der Waals surface area contributed by atoms with Crippen LogP contribution in [-0.4, -0.2) is 30.6 Å². The number of sulfonamides is 1. The summed E-state index contributed by atoms with van der Waals surface area (Å²) >= 11 is 0. The molecule has 2 rings (SSSR count). The van der Waals surface area contributed by atoms with Crippen molar-refractivity contribution in [2.24, 2.45) is 5.14 Å². The van der Waals surface area contributed by atoms with Gasteiger partial charge in [-0.1, -0.05) is 33.1 Å². The van der Waals surface area contributed by atoms with Crippen molar-refractivity contribution in [1.29, 1.82) is 0 Å². The van der Waals surface area contributed by atoms with Crippen molar-refractivity contribution < 1.29 is 13.2 Å². The number of rotatable bonds is 4. The molecule has 1 fully saturated rings. The molecule has 4 N–H and O–H groups in total. The fourth-order valence-electron chi connectivity index (χ4n) is 2.68. The molecule has 0 aromatic carbocycles. The van der Waals surface area contributed by atoms with Gasteiger partial charge in [-0.3, -0.25) is 9.89 Å². The Kier molecular flexibility index (Phi) is 4.67. The molecule has 0 spiro atoms. The summed E-state index contributed by atoms with van der Waals surface area (Å²) in [7, 11) is -4.01. The van der Waals surface area contributed by atoms with Gasteiger partial charge in [0.15, 0.2) is 5.69 Å². The zero-order valence-corrected chi connectivity index (χ0v) is 13.2. The van der Waals surface area contributed by atoms with E-state index in [0.29, 0.717) is 5.69 Å². The van der Waals surface area contributed by atoms with E-state index in [4.69, 9.17) is 5.14 Å². The third-order valence-corrected chi connectivity index (χ3v) is 4.75. The number of nitrogens with two attached hydrogens (primary N) is 1. The normalized spacial score (nSPS) is 17.1. The van der Waals surface area contributed by atoms with E-state index in [1.165, 1.54) is 6.42 Å². The molecule has 0 radical (unpaired) electrons. The number of hydrogen-bond acceptors (Lipinski definition) is 4. The monoisotopic (exact) mass is 314 g/mol. The molecule has 118 valence electrons. The summed E-state index contributed by atoms with van der Waals surface area (Å²) in [6.45, 7) is 3.62. The van der Waals surface area contributed by atoms with E-state index in [1.54, 1.807) is 0 Å². The Bertz CT molecular complexity index is 615. The predicted molar refractivity (Wildman–Crippen MR) is 78.4 cm³/mol. The van der Waals surface area contributed by atoms with E-state index in [0.717, 1.165) is 25.7 Å². The van der Waals surface area contributed by atoms with Crippen LogP contribution >= 0.6 is 0 Å². The van der Waals surface area contributed by atoms with Crippen molar-refractivity contribution in [3.05, 3.63) is 11.4 Å². The number of nitrogens with zero attached hydrogens (tertiary/aromatic N) is 1. The highest BCUT2D eigenvalue weighted by Crippen LogP contribution is 2.24. The minimum Gasteiger partial charge on any atom is -0.348 e. The number of primary sulfonamides is 1. The molecule has 1 aromatic heterocycles. The van der Waals surface area contributed by atoms with Gasteiger partial charge in [-0.25, -0.2) is 13.6 Å². The maximum atomic E-state index is 12.3. The van der Waals surface area contributed by atoms with Gasteiger partial charge in [-0.2, -0.15) is 5.10 Å². The SMILES string of the molecule is CC(C)c1[nH]nc(C(=O)NC2CCCCC2)c1S(N)(=O)=O. The van der Waals surface area contributed by atoms with Gasteiger partial charge < -0.3 is 5.32 Å². The first-order valence-corrected chi connectivity index (χ1v) is 8.77. The van der Waals surface area contributed by atoms with Crippen LogP contribution in [-0.2, 0) is 10.0 Å². The molecular formula is C13H22N4O3S. The molecule has 1 saturated carbocycles. The van der Waals surface area contributed by atoms with Gasteiger partial charge in [-0.05, 0) is 18.8 Å². The lowest BCUT2D eigenvalue weighted by atomic mass is 9.95. The highest BCUT2D eigenvalue weighted by atomic mass is 32.2. The Balaban J connectivity index is 2.28. The minimum absolute atomic E-state index is 0.0822. The molecule has 0 unspecified atom stereocenters. The van der Waals surface area contributed by atoms with E-state index in [-0.39, 0.29) is 22.5 Å². The standard InChI is InChI=1S/C13H22N4O3S/c1-8(2)10-12(21(14,19)20)11(17-16-10)13(18)15-9-6-4-3-5-7-9/h8-9H,3-7H2,1-2H3,(H,15,18)(H,16,17)(H2,14,19,20). The quantitative estimate of drug-likeness (QED) is 0.774. The number of hydrogen-bond donors (Lipinski definition) is 3. The Hall–Kier alpha value is -1.41. The fourth-order valence-corrected chi connectivity index (χ4v) is 3.67. The number of aromatic nitrogens is 2. The summed E-state index contributed by atoms with van der Waals surface area (Å²) in [5.41, 5.74) is 0.234. The number of aromatic amines is 1. The van der Waals surface area contributed by atoms with Crippen molar-refractivity contribution in [1.82, 2.24) is 15.5 Å². The molecule has 1 heterocycles. The van der Waals surface area contributed by atoms with E-state index >= 15 is 0 Å². The third-order valence-electron chi connectivity index (χ3n) is 3.77. The van der Waals surface area contributed by atoms with Crippen LogP contribution in [0.2, 0.25) is 0 Å². The predicted octanol–water partition coefficient (Wildman–Crippen LogP) is 1.24. The molecule has 0 bridgehead atoms. The molecule has 0 saturated heterocycles. The first-order valence-electron chi connectivity index (χ1n) is 7.22. The molecular weight excluding hydrogens is 292 g/mol. The topological polar surface area (TPSA) is 118 Å². The molecule has 1 aliphatic rings. The van der Waals surface area contributed by atoms with Crippen LogP contribution in [0.3, 0.4) is 0 Å². The van der Waals surface area contributed by atoms with Crippen molar-refractivity contribution in [3.8, 4) is 0 Å². The second kappa shape index (κ2) is 6.15. The van der Waals surface area contributed by atoms with Crippen molar-refractivity contribution >= 4 is 15.9 Å². The van der Waals surface area contributed by atoms with Crippen molar-refractivity contribution in [2.75, 3.05) is 0 Å². The van der Waals surface area contributed by atoms with Crippen molar-refractivity contribution in [3.63, 3.8) is 0 Å². The molecule has 21 heavy (non-hydrogen) atoms. The maximum absolute atomic E-state index is 12.3. The number of nitrogens with one attached hydrogen (secondary N) is 2. The first kappa shape index (κ1) is 16.0. The zero-order chi connectivity index (χ0) is 15.6. The number of carbonyl (C=O) groups excluding carboxylic acids is 1. The van der Waals surface area contributed by atoms with Crippen molar-refractivity contribution in [2.45, 2.75) is 62.8 Å². The molecule has 1 aromatic rings. The third kappa shape index (κ3) is 3.62. The van der Waals surface area contributed by atoms with Crippen LogP contribution in [0.25, 0.3) is 0 Å². The van der Waals surface area contributed by atoms with E-state index in [1.807, 2.05) is 13.8 Å². The summed E-state index contributed by atoms with van der Waals surface area (Å²) in [6.07, 6.45) is 5.15. The van der Waals surface area contributed by atoms with E-state index < -0.39 is 15.9 Å². The van der Waals surface area contributed by atoms with Gasteiger partial charge in [0, 0.05) is 6.04 Å². The molecule has 7 nitrogen and oxygen atoms in total. The van der Waals surface area contributed by atoms with Gasteiger partial charge in [0.1, 0.15) is 4.90 Å². The average Bonchev–Trinajstić information content (AvgIpc) is 2.84. The summed E-state index contributed by atoms with van der Waals surface area (Å²) < 4.78 is 23.5. The molecule has 0 aliphatic heterocycles. The number of carbonyl (C=O) groups is 1. The van der Waals surface area contributed by atoms with Crippen LogP contribution in [0.15, 0.2) is 4.90 Å². The zero-order valence-electron chi connectivity index (χ0n) is 12.3. The fraction of sp³-hybridized carbons (Fsp3) is 0.692. The Morgan fingerprint density at radius 3 is 2.48 bits per heavy atom. The number of H-pyrrole nitrogens is 1. The minimum atomic E-state index is -4.01. The number of amides is 1. The van der Waals surface area contributed by atoms with Gasteiger partial charge in [-0.15, -0.1) is 0 Å². The lowest BCUT2D eigenvalue weighted by molar-refractivity contribution is 0.0919. The molecule has 1 aliphatic carbocycles. The van der Waals surface area contributed by atoms with E-state index in [9.17, 15) is 13.2 Å². The van der Waals surface area contributed by atoms with Crippen LogP contribution in [0, 0.1) is 0 Å². The van der Waals surface area contributed by atoms with Gasteiger partial charge in [0.2, 0.25) is 10.0 Å². The Morgan fingerprint density at radius 2 is 1.95 bits per heavy atom. The Labute approximate surface area is 124 Å². The maximum Gasteiger partial charge on any atom is 0.273 e. The lowest BCUT2D eigenvalue weighted by Gasteiger charge is -2.22. The van der Waals surface area contributed by atoms with Crippen LogP contribution in [0.1, 0.15) is 68.1 Å². The van der Waals surface area contributed by atoms with Crippen LogP contribution < -0.4 is 10.5 Å². The summed E-state index contributed by atoms with van der Waals surface area (Å²) in [5, 5.41) is 14.6. The second-order valence-electron chi connectivity index (χ2n) is 5.82. The Morgan fingerprint density at radius 1 is 1.33 bits per heavy atom. The van der Waals surface area contributed by atoms with Gasteiger partial charge in [0.05, 0.1) is 5.69 Å².